The molecule has 0 fully saturated rings. The van der Waals surface area contributed by atoms with E-state index < -0.39 is 0 Å². The van der Waals surface area contributed by atoms with Gasteiger partial charge in [-0.1, -0.05) is 30.3 Å². The summed E-state index contributed by atoms with van der Waals surface area (Å²) in [5, 5.41) is 0. The van der Waals surface area contributed by atoms with Gasteiger partial charge in [-0.15, -0.1) is 0 Å². The smallest absolute Gasteiger partial charge is 0.169 e. The number of hydrogen-bond donors (Lipinski definition) is 0. The van der Waals surface area contributed by atoms with Crippen molar-refractivity contribution in [1.82, 2.24) is 4.98 Å². The molecule has 1 aromatic heterocycles. The number of carbonyl (C=O) groups excluding carboxylic acids is 1. The van der Waals surface area contributed by atoms with E-state index in [-0.39, 0.29) is 5.78 Å². The van der Waals surface area contributed by atoms with Crippen molar-refractivity contribution < 1.29 is 4.79 Å². The Hall–Kier alpha value is -1.96. The fraction of sp³-hybridized carbons (Fsp3) is 0.143. The monoisotopic (exact) mass is 211 g/mol. The maximum atomic E-state index is 12.0. The lowest BCUT2D eigenvalue weighted by Crippen LogP contribution is -2.05. The van der Waals surface area contributed by atoms with Crippen molar-refractivity contribution in [3.63, 3.8) is 0 Å². The summed E-state index contributed by atoms with van der Waals surface area (Å²) in [5.74, 6) is 0.122. The first-order chi connectivity index (χ1) is 7.77. The lowest BCUT2D eigenvalue weighted by molar-refractivity contribution is 0.0992. The Morgan fingerprint density at radius 2 is 1.94 bits per heavy atom. The topological polar surface area (TPSA) is 30.0 Å². The Morgan fingerprint density at radius 3 is 2.62 bits per heavy atom. The fourth-order valence-electron chi connectivity index (χ4n) is 1.63. The van der Waals surface area contributed by atoms with Gasteiger partial charge in [0.25, 0.3) is 0 Å². The van der Waals surface area contributed by atoms with Crippen LogP contribution in [0.2, 0.25) is 0 Å². The van der Waals surface area contributed by atoms with E-state index in [1.165, 1.54) is 0 Å². The highest BCUT2D eigenvalue weighted by molar-refractivity contribution is 5.98. The van der Waals surface area contributed by atoms with Crippen molar-refractivity contribution in [1.29, 1.82) is 0 Å². The minimum atomic E-state index is 0.122. The quantitative estimate of drug-likeness (QED) is 0.731. The van der Waals surface area contributed by atoms with Crippen LogP contribution < -0.4 is 0 Å². The standard InChI is InChI=1S/C14H13NO/c1-11-7-8-15-10-13(11)14(16)9-12-5-3-2-4-6-12/h2-8,10H,9H2,1H3. The van der Waals surface area contributed by atoms with E-state index in [9.17, 15) is 4.79 Å². The van der Waals surface area contributed by atoms with Crippen LogP contribution in [0.15, 0.2) is 48.8 Å². The van der Waals surface area contributed by atoms with Crippen molar-refractivity contribution in [3.05, 3.63) is 65.5 Å². The highest BCUT2D eigenvalue weighted by Gasteiger charge is 2.09. The molecule has 2 heteroatoms. The molecule has 0 aliphatic rings. The molecule has 0 unspecified atom stereocenters. The molecule has 1 aromatic carbocycles. The molecule has 0 bridgehead atoms. The average molecular weight is 211 g/mol. The SMILES string of the molecule is Cc1ccncc1C(=O)Cc1ccccc1. The molecular weight excluding hydrogens is 198 g/mol. The number of benzene rings is 1. The molecule has 0 aliphatic carbocycles. The highest BCUT2D eigenvalue weighted by atomic mass is 16.1. The number of hydrogen-bond acceptors (Lipinski definition) is 2. The number of ketones is 1. The summed E-state index contributed by atoms with van der Waals surface area (Å²) in [6.07, 6.45) is 3.78. The zero-order chi connectivity index (χ0) is 11.4. The summed E-state index contributed by atoms with van der Waals surface area (Å²) in [4.78, 5) is 16.0. The van der Waals surface area contributed by atoms with Crippen LogP contribution in [0.3, 0.4) is 0 Å². The van der Waals surface area contributed by atoms with Crippen LogP contribution in [0.25, 0.3) is 0 Å². The third-order valence-electron chi connectivity index (χ3n) is 2.55. The van der Waals surface area contributed by atoms with Crippen molar-refractivity contribution in [2.24, 2.45) is 0 Å². The fourth-order valence-corrected chi connectivity index (χ4v) is 1.63. The molecule has 16 heavy (non-hydrogen) atoms. The lowest BCUT2D eigenvalue weighted by Gasteiger charge is -2.03. The molecule has 1 heterocycles. The largest absolute Gasteiger partial charge is 0.294 e. The number of carbonyl (C=O) groups is 1. The minimum Gasteiger partial charge on any atom is -0.294 e. The maximum absolute atomic E-state index is 12.0. The summed E-state index contributed by atoms with van der Waals surface area (Å²) in [7, 11) is 0. The van der Waals surface area contributed by atoms with Crippen LogP contribution in [0.1, 0.15) is 21.5 Å². The van der Waals surface area contributed by atoms with E-state index in [2.05, 4.69) is 4.98 Å². The van der Waals surface area contributed by atoms with Gasteiger partial charge in [0.1, 0.15) is 0 Å². The first kappa shape index (κ1) is 10.6. The molecule has 0 N–H and O–H groups in total. The average Bonchev–Trinajstić information content (AvgIpc) is 2.31. The third kappa shape index (κ3) is 2.34. The normalized spacial score (nSPS) is 10.1. The molecule has 0 saturated heterocycles. The van der Waals surface area contributed by atoms with Gasteiger partial charge in [-0.25, -0.2) is 0 Å². The molecule has 0 spiro atoms. The van der Waals surface area contributed by atoms with E-state index in [4.69, 9.17) is 0 Å². The zero-order valence-corrected chi connectivity index (χ0v) is 9.18. The van der Waals surface area contributed by atoms with Crippen molar-refractivity contribution >= 4 is 5.78 Å². The van der Waals surface area contributed by atoms with Crippen molar-refractivity contribution in [3.8, 4) is 0 Å². The summed E-state index contributed by atoms with van der Waals surface area (Å²) < 4.78 is 0. The summed E-state index contributed by atoms with van der Waals surface area (Å²) in [6.45, 7) is 1.93. The second-order valence-electron chi connectivity index (χ2n) is 3.78. The molecule has 0 atom stereocenters. The van der Waals surface area contributed by atoms with Crippen LogP contribution in [-0.4, -0.2) is 10.8 Å². The predicted octanol–water partition coefficient (Wildman–Crippen LogP) is 2.82. The maximum Gasteiger partial charge on any atom is 0.169 e. The van der Waals surface area contributed by atoms with E-state index in [1.807, 2.05) is 43.3 Å². The van der Waals surface area contributed by atoms with Crippen LogP contribution in [-0.2, 0) is 6.42 Å². The summed E-state index contributed by atoms with van der Waals surface area (Å²) in [5.41, 5.74) is 2.73. The van der Waals surface area contributed by atoms with E-state index in [1.54, 1.807) is 12.4 Å². The minimum absolute atomic E-state index is 0.122. The highest BCUT2D eigenvalue weighted by Crippen LogP contribution is 2.10. The van der Waals surface area contributed by atoms with Crippen LogP contribution in [0, 0.1) is 6.92 Å². The van der Waals surface area contributed by atoms with Gasteiger partial charge in [0.05, 0.1) is 0 Å². The molecule has 2 rings (SSSR count). The zero-order valence-electron chi connectivity index (χ0n) is 9.18. The summed E-state index contributed by atoms with van der Waals surface area (Å²) >= 11 is 0. The Morgan fingerprint density at radius 1 is 1.19 bits per heavy atom. The Balaban J connectivity index is 2.19. The molecule has 0 saturated carbocycles. The van der Waals surface area contributed by atoms with E-state index in [0.717, 1.165) is 11.1 Å². The van der Waals surface area contributed by atoms with Crippen molar-refractivity contribution in [2.75, 3.05) is 0 Å². The van der Waals surface area contributed by atoms with Crippen LogP contribution >= 0.6 is 0 Å². The van der Waals surface area contributed by atoms with Gasteiger partial charge >= 0.3 is 0 Å². The summed E-state index contributed by atoms with van der Waals surface area (Å²) in [6, 6.07) is 11.6. The van der Waals surface area contributed by atoms with E-state index in [0.29, 0.717) is 12.0 Å². The molecule has 2 aromatic rings. The van der Waals surface area contributed by atoms with E-state index >= 15 is 0 Å². The molecule has 0 radical (unpaired) electrons. The Bertz CT molecular complexity index is 491. The number of aryl methyl sites for hydroxylation is 1. The van der Waals surface area contributed by atoms with Gasteiger partial charge < -0.3 is 0 Å². The molecule has 80 valence electrons. The first-order valence-electron chi connectivity index (χ1n) is 5.25. The second-order valence-corrected chi connectivity index (χ2v) is 3.78. The van der Waals surface area contributed by atoms with Gasteiger partial charge in [0.2, 0.25) is 0 Å². The van der Waals surface area contributed by atoms with Gasteiger partial charge in [-0.2, -0.15) is 0 Å². The number of pyridine rings is 1. The lowest BCUT2D eigenvalue weighted by atomic mass is 10.0. The number of nitrogens with zero attached hydrogens (tertiary/aromatic N) is 1. The van der Waals surface area contributed by atoms with Gasteiger partial charge in [0, 0.05) is 24.4 Å². The first-order valence-corrected chi connectivity index (χ1v) is 5.25. The molecule has 0 amide bonds. The van der Waals surface area contributed by atoms with Crippen molar-refractivity contribution in [2.45, 2.75) is 13.3 Å². The number of aromatic nitrogens is 1. The van der Waals surface area contributed by atoms with Crippen LogP contribution in [0.5, 0.6) is 0 Å². The third-order valence-corrected chi connectivity index (χ3v) is 2.55. The van der Waals surface area contributed by atoms with Gasteiger partial charge in [-0.05, 0) is 24.1 Å². The molecule has 2 nitrogen and oxygen atoms in total. The number of Topliss-reactive ketones (excluding diaryl/α,β-unsaturated/α-hetero) is 1. The number of rotatable bonds is 3. The Kier molecular flexibility index (Phi) is 3.10. The Labute approximate surface area is 95.0 Å². The second kappa shape index (κ2) is 4.71. The van der Waals surface area contributed by atoms with Gasteiger partial charge in [0.15, 0.2) is 5.78 Å². The molecule has 0 aliphatic heterocycles. The predicted molar refractivity (Wildman–Crippen MR) is 63.5 cm³/mol. The van der Waals surface area contributed by atoms with Crippen LogP contribution in [0.4, 0.5) is 0 Å². The molecular formula is C14H13NO. The van der Waals surface area contributed by atoms with Gasteiger partial charge in [-0.3, -0.25) is 9.78 Å².